The third-order valence-electron chi connectivity index (χ3n) is 11.6. The van der Waals surface area contributed by atoms with Crippen molar-refractivity contribution in [1.29, 1.82) is 0 Å². The second kappa shape index (κ2) is 13.3. The Labute approximate surface area is 354 Å². The predicted octanol–water partition coefficient (Wildman–Crippen LogP) is 12.4. The van der Waals surface area contributed by atoms with Gasteiger partial charge in [-0.05, 0) is 54.1 Å². The zero-order chi connectivity index (χ0) is 41.8. The van der Waals surface area contributed by atoms with Crippen molar-refractivity contribution >= 4 is 75.3 Å². The lowest BCUT2D eigenvalue weighted by Crippen LogP contribution is -2.01. The smallest absolute Gasteiger partial charge is 0.208 e. The van der Waals surface area contributed by atoms with Gasteiger partial charge in [0.1, 0.15) is 16.7 Å². The molecule has 0 fully saturated rings. The summed E-state index contributed by atoms with van der Waals surface area (Å²) in [6, 6.07) is 51.0. The number of phenolic OH excluding ortho intramolecular Hbond substituents is 5. The van der Waals surface area contributed by atoms with E-state index in [9.17, 15) is 25.5 Å². The summed E-state index contributed by atoms with van der Waals surface area (Å²) in [5, 5.41) is 59.5. The summed E-state index contributed by atoms with van der Waals surface area (Å²) < 4.78 is 10.8. The fraction of sp³-hybridized carbons (Fsp3) is 0. The maximum absolute atomic E-state index is 11.0. The molecule has 12 rings (SSSR count). The Hall–Kier alpha value is -8.41. The van der Waals surface area contributed by atoms with Gasteiger partial charge in [0, 0.05) is 64.1 Å². The molecule has 0 radical (unpaired) electrons. The van der Waals surface area contributed by atoms with E-state index >= 15 is 0 Å². The monoisotopic (exact) mass is 826 g/mol. The Morgan fingerprint density at radius 2 is 1.10 bits per heavy atom. The van der Waals surface area contributed by atoms with Crippen molar-refractivity contribution in [3.63, 3.8) is 0 Å². The number of aromatic hydroxyl groups is 5. The van der Waals surface area contributed by atoms with Crippen LogP contribution in [0.2, 0.25) is 0 Å². The van der Waals surface area contributed by atoms with Crippen LogP contribution in [0.15, 0.2) is 156 Å². The van der Waals surface area contributed by atoms with Crippen molar-refractivity contribution in [2.75, 3.05) is 0 Å². The molecule has 0 aliphatic rings. The summed E-state index contributed by atoms with van der Waals surface area (Å²) in [6.45, 7) is 0. The minimum atomic E-state index is -1.08. The van der Waals surface area contributed by atoms with Gasteiger partial charge in [0.05, 0.1) is 11.0 Å². The third kappa shape index (κ3) is 5.18. The van der Waals surface area contributed by atoms with E-state index in [0.29, 0.717) is 22.3 Å². The minimum Gasteiger partial charge on any atom is -0.504 e. The first-order valence-electron chi connectivity index (χ1n) is 19.7. The van der Waals surface area contributed by atoms with E-state index in [-0.39, 0.29) is 17.5 Å². The summed E-state index contributed by atoms with van der Waals surface area (Å²) in [5.74, 6) is -4.86. The van der Waals surface area contributed by atoms with Gasteiger partial charge in [-0.3, -0.25) is 0 Å². The lowest BCUT2D eigenvalue weighted by Gasteiger charge is -2.13. The van der Waals surface area contributed by atoms with Crippen LogP contribution in [0.3, 0.4) is 0 Å². The fourth-order valence-electron chi connectivity index (χ4n) is 8.74. The van der Waals surface area contributed by atoms with Crippen LogP contribution < -0.4 is 0 Å². The van der Waals surface area contributed by atoms with Crippen molar-refractivity contribution < 1.29 is 29.9 Å². The Kier molecular flexibility index (Phi) is 7.62. The number of hydrogen-bond donors (Lipinski definition) is 5. The molecule has 0 bridgehead atoms. The molecule has 0 amide bonds. The van der Waals surface area contributed by atoms with E-state index < -0.39 is 34.3 Å². The van der Waals surface area contributed by atoms with E-state index in [1.807, 2.05) is 66.7 Å². The fourth-order valence-corrected chi connectivity index (χ4v) is 9.95. The van der Waals surface area contributed by atoms with Crippen LogP contribution >= 0.6 is 11.3 Å². The Balaban J connectivity index is 1.05. The molecule has 0 aliphatic heterocycles. The first-order chi connectivity index (χ1) is 30.3. The maximum atomic E-state index is 11.0. The van der Waals surface area contributed by atoms with Gasteiger partial charge < -0.3 is 34.5 Å². The van der Waals surface area contributed by atoms with Crippen LogP contribution in [0.25, 0.3) is 115 Å². The number of thiophene rings is 1. The number of nitrogens with zero attached hydrogens (tertiary/aromatic N) is 4. The highest BCUT2D eigenvalue weighted by Gasteiger charge is 2.28. The largest absolute Gasteiger partial charge is 0.504 e. The van der Waals surface area contributed by atoms with E-state index in [2.05, 4.69) is 99.5 Å². The second-order valence-corrected chi connectivity index (χ2v) is 16.2. The highest BCUT2D eigenvalue weighted by molar-refractivity contribution is 7.26. The van der Waals surface area contributed by atoms with Crippen LogP contribution in [-0.2, 0) is 0 Å². The van der Waals surface area contributed by atoms with Crippen LogP contribution in [0, 0.1) is 0 Å². The number of fused-ring (bicyclic) bond motifs is 9. The molecule has 4 heterocycles. The zero-order valence-corrected chi connectivity index (χ0v) is 33.1. The summed E-state index contributed by atoms with van der Waals surface area (Å²) in [7, 11) is 0. The number of benzene rings is 8. The van der Waals surface area contributed by atoms with Crippen LogP contribution in [0.1, 0.15) is 0 Å². The van der Waals surface area contributed by atoms with Gasteiger partial charge in [-0.2, -0.15) is 0 Å². The average molecular weight is 827 g/mol. The molecule has 4 aromatic heterocycles. The molecule has 0 aliphatic carbocycles. The van der Waals surface area contributed by atoms with Gasteiger partial charge in [0.2, 0.25) is 17.2 Å². The maximum Gasteiger partial charge on any atom is 0.208 e. The van der Waals surface area contributed by atoms with Crippen LogP contribution in [-0.4, -0.2) is 45.1 Å². The number of aromatic nitrogens is 4. The zero-order valence-electron chi connectivity index (χ0n) is 32.3. The summed E-state index contributed by atoms with van der Waals surface area (Å²) >= 11 is 1.58. The predicted molar refractivity (Wildman–Crippen MR) is 244 cm³/mol. The third-order valence-corrected chi connectivity index (χ3v) is 12.8. The van der Waals surface area contributed by atoms with Gasteiger partial charge in [-0.1, -0.05) is 103 Å². The topological polar surface area (TPSA) is 158 Å². The minimum absolute atomic E-state index is 0.163. The molecule has 0 unspecified atom stereocenters. The molecule has 11 heteroatoms. The van der Waals surface area contributed by atoms with Gasteiger partial charge >= 0.3 is 0 Å². The molecule has 8 aromatic carbocycles. The molecule has 296 valence electrons. The van der Waals surface area contributed by atoms with Gasteiger partial charge in [-0.25, -0.2) is 15.0 Å². The first kappa shape index (κ1) is 35.5. The SMILES string of the molecule is Oc1c(O)c(O)c(-c2nc(-c3ccc4c(c3)oc3ccc(-n5c6ccccc6c6cccc(-c7ccccc7)c65)cc34)nc(-c3cccc4c3sc3ccccc34)n2)c(O)c1O. The normalized spacial score (nSPS) is 11.9. The number of hydrogen-bond acceptors (Lipinski definition) is 10. The number of phenols is 5. The average Bonchev–Trinajstić information content (AvgIpc) is 3.99. The highest BCUT2D eigenvalue weighted by atomic mass is 32.1. The van der Waals surface area contributed by atoms with E-state index in [1.165, 1.54) is 0 Å². The van der Waals surface area contributed by atoms with Crippen molar-refractivity contribution in [3.8, 4) is 79.7 Å². The van der Waals surface area contributed by atoms with Gasteiger partial charge in [-0.15, -0.1) is 11.3 Å². The quantitative estimate of drug-likeness (QED) is 0.0841. The first-order valence-corrected chi connectivity index (χ1v) is 20.5. The summed E-state index contributed by atoms with van der Waals surface area (Å²) in [6.07, 6.45) is 0. The summed E-state index contributed by atoms with van der Waals surface area (Å²) in [5.41, 5.74) is 7.38. The number of furan rings is 1. The standard InChI is InChI=1S/C51H30N4O6S/c56-43-41(44(57)46(59)47(60)45(43)58)51-53-49(52-50(54-51)35-17-9-16-34-32-13-5-7-19-40(32)62-48(34)35)27-20-22-31-36-25-28(21-23-38(36)61-39(31)24-27)55-37-18-6-4-12-30(37)33-15-8-14-29(42(33)55)26-10-2-1-3-11-26/h1-25,56-60H. The number of para-hydroxylation sites is 2. The van der Waals surface area contributed by atoms with Crippen molar-refractivity contribution in [2.24, 2.45) is 0 Å². The molecule has 0 spiro atoms. The molecular formula is C51H30N4O6S. The number of rotatable bonds is 5. The molecule has 0 atom stereocenters. The van der Waals surface area contributed by atoms with Crippen molar-refractivity contribution in [2.45, 2.75) is 0 Å². The Morgan fingerprint density at radius 1 is 0.435 bits per heavy atom. The molecule has 12 aromatic rings. The Bertz CT molecular complexity index is 3810. The lowest BCUT2D eigenvalue weighted by atomic mass is 10.0. The molecule has 5 N–H and O–H groups in total. The lowest BCUT2D eigenvalue weighted by molar-refractivity contribution is 0.329. The van der Waals surface area contributed by atoms with Crippen molar-refractivity contribution in [3.05, 3.63) is 152 Å². The van der Waals surface area contributed by atoms with E-state index in [0.717, 1.165) is 69.6 Å². The van der Waals surface area contributed by atoms with E-state index in [1.54, 1.807) is 11.3 Å². The van der Waals surface area contributed by atoms with Gasteiger partial charge in [0.25, 0.3) is 0 Å². The van der Waals surface area contributed by atoms with E-state index in [4.69, 9.17) is 9.40 Å². The molecule has 0 saturated heterocycles. The Morgan fingerprint density at radius 3 is 1.92 bits per heavy atom. The van der Waals surface area contributed by atoms with Crippen LogP contribution in [0.4, 0.5) is 0 Å². The summed E-state index contributed by atoms with van der Waals surface area (Å²) in [4.78, 5) is 14.3. The highest BCUT2D eigenvalue weighted by Crippen LogP contribution is 2.54. The van der Waals surface area contributed by atoms with Gasteiger partial charge in [0.15, 0.2) is 29.0 Å². The molecule has 10 nitrogen and oxygen atoms in total. The molecule has 0 saturated carbocycles. The molecule has 62 heavy (non-hydrogen) atoms. The van der Waals surface area contributed by atoms with Crippen LogP contribution in [0.5, 0.6) is 28.7 Å². The second-order valence-electron chi connectivity index (χ2n) is 15.1. The van der Waals surface area contributed by atoms with Crippen molar-refractivity contribution in [1.82, 2.24) is 19.5 Å². The molecular weight excluding hydrogens is 797 g/mol.